The molecule has 2 aliphatic rings. The molecule has 5 heteroatoms. The quantitative estimate of drug-likeness (QED) is 0.799. The molecule has 0 radical (unpaired) electrons. The Labute approximate surface area is 137 Å². The van der Waals surface area contributed by atoms with Crippen LogP contribution in [0.25, 0.3) is 0 Å². The number of benzene rings is 1. The van der Waals surface area contributed by atoms with Gasteiger partial charge < -0.3 is 15.0 Å². The number of nitrogens with one attached hydrogen (secondary N) is 1. The Hall–Kier alpha value is -2.04. The molecule has 3 rings (SSSR count). The van der Waals surface area contributed by atoms with E-state index in [4.69, 9.17) is 4.74 Å². The number of rotatable bonds is 0. The van der Waals surface area contributed by atoms with Crippen molar-refractivity contribution < 1.29 is 14.3 Å². The molecular weight excluding hydrogens is 292 g/mol. The standard InChI is InChI=1S/C18H24N2O3/c1-12-5-6-14-13(11-12)18(15(21)19-14)7-9-20(10-8-18)16(22)23-17(2,3)4/h5-6,11H,7-10H2,1-4H3,(H,19,21). The van der Waals surface area contributed by atoms with E-state index in [0.29, 0.717) is 25.9 Å². The molecule has 2 aliphatic heterocycles. The summed E-state index contributed by atoms with van der Waals surface area (Å²) in [6.07, 6.45) is 0.971. The zero-order valence-corrected chi connectivity index (χ0v) is 14.2. The Balaban J connectivity index is 1.78. The smallest absolute Gasteiger partial charge is 0.410 e. The molecule has 0 aromatic heterocycles. The first-order valence-electron chi connectivity index (χ1n) is 8.12. The van der Waals surface area contributed by atoms with Crippen LogP contribution in [0.1, 0.15) is 44.7 Å². The van der Waals surface area contributed by atoms with Crippen molar-refractivity contribution in [1.29, 1.82) is 0 Å². The maximum absolute atomic E-state index is 12.6. The van der Waals surface area contributed by atoms with Crippen LogP contribution >= 0.6 is 0 Å². The van der Waals surface area contributed by atoms with Crippen molar-refractivity contribution in [2.24, 2.45) is 0 Å². The fraction of sp³-hybridized carbons (Fsp3) is 0.556. The third-order valence-corrected chi connectivity index (χ3v) is 4.64. The van der Waals surface area contributed by atoms with Gasteiger partial charge in [0, 0.05) is 18.8 Å². The lowest BCUT2D eigenvalue weighted by Gasteiger charge is -2.38. The van der Waals surface area contributed by atoms with Crippen LogP contribution in [-0.2, 0) is 14.9 Å². The van der Waals surface area contributed by atoms with E-state index in [1.54, 1.807) is 4.90 Å². The maximum atomic E-state index is 12.6. The number of anilines is 1. The number of carbonyl (C=O) groups is 2. The van der Waals surface area contributed by atoms with Crippen LogP contribution in [0, 0.1) is 6.92 Å². The Morgan fingerprint density at radius 3 is 2.52 bits per heavy atom. The molecule has 1 aromatic carbocycles. The molecule has 1 aromatic rings. The number of hydrogen-bond acceptors (Lipinski definition) is 3. The number of carbonyl (C=O) groups excluding carboxylic acids is 2. The summed E-state index contributed by atoms with van der Waals surface area (Å²) >= 11 is 0. The predicted molar refractivity (Wildman–Crippen MR) is 88.5 cm³/mol. The Bertz CT molecular complexity index is 653. The van der Waals surface area contributed by atoms with Crippen LogP contribution in [0.4, 0.5) is 10.5 Å². The Morgan fingerprint density at radius 2 is 1.91 bits per heavy atom. The van der Waals surface area contributed by atoms with Gasteiger partial charge in [0.05, 0.1) is 5.41 Å². The van der Waals surface area contributed by atoms with E-state index >= 15 is 0 Å². The molecule has 0 atom stereocenters. The molecule has 5 nitrogen and oxygen atoms in total. The van der Waals surface area contributed by atoms with E-state index in [1.807, 2.05) is 39.8 Å². The number of ether oxygens (including phenoxy) is 1. The first-order chi connectivity index (χ1) is 10.7. The lowest BCUT2D eigenvalue weighted by Crippen LogP contribution is -2.49. The molecule has 1 saturated heterocycles. The number of fused-ring (bicyclic) bond motifs is 2. The highest BCUT2D eigenvalue weighted by molar-refractivity contribution is 6.06. The largest absolute Gasteiger partial charge is 0.444 e. The summed E-state index contributed by atoms with van der Waals surface area (Å²) in [5, 5.41) is 2.99. The van der Waals surface area contributed by atoms with Crippen LogP contribution in [0.15, 0.2) is 18.2 Å². The number of hydrogen-bond donors (Lipinski definition) is 1. The highest BCUT2D eigenvalue weighted by Gasteiger charge is 2.49. The van der Waals surface area contributed by atoms with Crippen LogP contribution < -0.4 is 5.32 Å². The van der Waals surface area contributed by atoms with E-state index in [9.17, 15) is 9.59 Å². The second kappa shape index (κ2) is 5.25. The average Bonchev–Trinajstić information content (AvgIpc) is 2.71. The van der Waals surface area contributed by atoms with Crippen molar-refractivity contribution in [2.75, 3.05) is 18.4 Å². The average molecular weight is 316 g/mol. The summed E-state index contributed by atoms with van der Waals surface area (Å²) in [5.41, 5.74) is 2.13. The van der Waals surface area contributed by atoms with Gasteiger partial charge in [-0.2, -0.15) is 0 Å². The minimum absolute atomic E-state index is 0.0574. The van der Waals surface area contributed by atoms with E-state index < -0.39 is 11.0 Å². The van der Waals surface area contributed by atoms with Crippen LogP contribution in [0.5, 0.6) is 0 Å². The summed E-state index contributed by atoms with van der Waals surface area (Å²) in [7, 11) is 0. The number of amides is 2. The molecule has 1 N–H and O–H groups in total. The molecule has 2 heterocycles. The second-order valence-corrected chi connectivity index (χ2v) is 7.55. The van der Waals surface area contributed by atoms with Crippen LogP contribution in [0.3, 0.4) is 0 Å². The normalized spacial score (nSPS) is 19.5. The molecule has 0 aliphatic carbocycles. The number of nitrogens with zero attached hydrogens (tertiary/aromatic N) is 1. The van der Waals surface area contributed by atoms with Gasteiger partial charge in [0.1, 0.15) is 5.60 Å². The lowest BCUT2D eigenvalue weighted by molar-refractivity contribution is -0.122. The van der Waals surface area contributed by atoms with Gasteiger partial charge in [-0.15, -0.1) is 0 Å². The summed E-state index contributed by atoms with van der Waals surface area (Å²) in [6.45, 7) is 8.69. The van der Waals surface area contributed by atoms with Crippen molar-refractivity contribution in [1.82, 2.24) is 4.90 Å². The minimum atomic E-state index is -0.500. The van der Waals surface area contributed by atoms with Crippen molar-refractivity contribution in [2.45, 2.75) is 51.6 Å². The highest BCUT2D eigenvalue weighted by atomic mass is 16.6. The molecule has 0 bridgehead atoms. The van der Waals surface area contributed by atoms with Crippen molar-refractivity contribution in [3.05, 3.63) is 29.3 Å². The zero-order valence-electron chi connectivity index (χ0n) is 14.2. The second-order valence-electron chi connectivity index (χ2n) is 7.55. The summed E-state index contributed by atoms with van der Waals surface area (Å²) in [6, 6.07) is 6.07. The van der Waals surface area contributed by atoms with E-state index in [-0.39, 0.29) is 12.0 Å². The Morgan fingerprint density at radius 1 is 1.26 bits per heavy atom. The maximum Gasteiger partial charge on any atom is 0.410 e. The van der Waals surface area contributed by atoms with Gasteiger partial charge in [-0.05, 0) is 52.2 Å². The SMILES string of the molecule is Cc1ccc2c(c1)C1(CCN(C(=O)OC(C)(C)C)CC1)C(=O)N2. The third kappa shape index (κ3) is 2.80. The number of piperidine rings is 1. The van der Waals surface area contributed by atoms with E-state index in [0.717, 1.165) is 16.8 Å². The van der Waals surface area contributed by atoms with Gasteiger partial charge in [-0.3, -0.25) is 4.79 Å². The van der Waals surface area contributed by atoms with E-state index in [1.165, 1.54) is 0 Å². The summed E-state index contributed by atoms with van der Waals surface area (Å²) in [5.74, 6) is 0.0574. The fourth-order valence-electron chi connectivity index (χ4n) is 3.42. The monoisotopic (exact) mass is 316 g/mol. The number of likely N-dealkylation sites (tertiary alicyclic amines) is 1. The molecule has 2 amide bonds. The minimum Gasteiger partial charge on any atom is -0.444 e. The summed E-state index contributed by atoms with van der Waals surface area (Å²) < 4.78 is 5.43. The zero-order chi connectivity index (χ0) is 16.8. The van der Waals surface area contributed by atoms with E-state index in [2.05, 4.69) is 11.4 Å². The first-order valence-corrected chi connectivity index (χ1v) is 8.12. The predicted octanol–water partition coefficient (Wildman–Crippen LogP) is 3.22. The van der Waals surface area contributed by atoms with Gasteiger partial charge in [-0.1, -0.05) is 17.7 Å². The summed E-state index contributed by atoms with van der Waals surface area (Å²) in [4.78, 5) is 26.5. The lowest BCUT2D eigenvalue weighted by atomic mass is 9.73. The van der Waals surface area contributed by atoms with Gasteiger partial charge >= 0.3 is 6.09 Å². The molecule has 1 spiro atoms. The first kappa shape index (κ1) is 15.8. The topological polar surface area (TPSA) is 58.6 Å². The third-order valence-electron chi connectivity index (χ3n) is 4.64. The highest BCUT2D eigenvalue weighted by Crippen LogP contribution is 2.45. The molecule has 1 fully saturated rings. The van der Waals surface area contributed by atoms with Gasteiger partial charge in [-0.25, -0.2) is 4.79 Å². The number of aryl methyl sites for hydroxylation is 1. The molecule has 0 unspecified atom stereocenters. The van der Waals surface area contributed by atoms with Crippen LogP contribution in [0.2, 0.25) is 0 Å². The molecule has 0 saturated carbocycles. The van der Waals surface area contributed by atoms with Crippen molar-refractivity contribution >= 4 is 17.7 Å². The van der Waals surface area contributed by atoms with Gasteiger partial charge in [0.25, 0.3) is 0 Å². The van der Waals surface area contributed by atoms with Crippen LogP contribution in [-0.4, -0.2) is 35.6 Å². The van der Waals surface area contributed by atoms with Gasteiger partial charge in [0.2, 0.25) is 5.91 Å². The molecule has 124 valence electrons. The Kier molecular flexibility index (Phi) is 3.62. The molecule has 23 heavy (non-hydrogen) atoms. The van der Waals surface area contributed by atoms with Gasteiger partial charge in [0.15, 0.2) is 0 Å². The molecular formula is C18H24N2O3. The van der Waals surface area contributed by atoms with Crippen molar-refractivity contribution in [3.63, 3.8) is 0 Å². The van der Waals surface area contributed by atoms with Crippen molar-refractivity contribution in [3.8, 4) is 0 Å². The fourth-order valence-corrected chi connectivity index (χ4v) is 3.42.